The van der Waals surface area contributed by atoms with E-state index >= 15 is 0 Å². The maximum Gasteiger partial charge on any atom is 0.252 e. The standard InChI is InChI=1S/C6H8N6O/c7-3-5-9-4-12(11-5)2-1-6(13)10-8/h4H,1-2,8H2,(H,10,13). The zero-order chi connectivity index (χ0) is 9.68. The van der Waals surface area contributed by atoms with Gasteiger partial charge in [0.25, 0.3) is 5.82 Å². The fourth-order valence-electron chi connectivity index (χ4n) is 0.742. The first-order valence-corrected chi connectivity index (χ1v) is 3.55. The first-order valence-electron chi connectivity index (χ1n) is 3.55. The van der Waals surface area contributed by atoms with E-state index in [1.807, 2.05) is 5.43 Å². The number of amides is 1. The van der Waals surface area contributed by atoms with Gasteiger partial charge in [-0.15, -0.1) is 5.10 Å². The topological polar surface area (TPSA) is 110 Å². The Morgan fingerprint density at radius 3 is 3.15 bits per heavy atom. The van der Waals surface area contributed by atoms with Gasteiger partial charge in [-0.2, -0.15) is 5.26 Å². The van der Waals surface area contributed by atoms with Crippen molar-refractivity contribution in [3.8, 4) is 6.07 Å². The van der Waals surface area contributed by atoms with E-state index in [-0.39, 0.29) is 18.2 Å². The lowest BCUT2D eigenvalue weighted by Crippen LogP contribution is -2.30. The summed E-state index contributed by atoms with van der Waals surface area (Å²) in [5, 5.41) is 12.1. The largest absolute Gasteiger partial charge is 0.294 e. The molecule has 0 spiro atoms. The number of aromatic nitrogens is 3. The summed E-state index contributed by atoms with van der Waals surface area (Å²) in [5.74, 6) is 4.68. The number of aryl methyl sites for hydroxylation is 1. The van der Waals surface area contributed by atoms with E-state index in [0.717, 1.165) is 0 Å². The molecule has 68 valence electrons. The Bertz CT molecular complexity index is 337. The predicted molar refractivity (Wildman–Crippen MR) is 41.7 cm³/mol. The molecular formula is C6H8N6O. The van der Waals surface area contributed by atoms with Gasteiger partial charge in [0, 0.05) is 6.42 Å². The highest BCUT2D eigenvalue weighted by atomic mass is 16.2. The lowest BCUT2D eigenvalue weighted by molar-refractivity contribution is -0.121. The second kappa shape index (κ2) is 4.18. The molecule has 0 saturated heterocycles. The minimum atomic E-state index is -0.283. The molecule has 1 aromatic heterocycles. The fourth-order valence-corrected chi connectivity index (χ4v) is 0.742. The molecule has 0 saturated carbocycles. The molecule has 0 atom stereocenters. The maximum absolute atomic E-state index is 10.7. The first kappa shape index (κ1) is 9.15. The molecule has 0 radical (unpaired) electrons. The van der Waals surface area contributed by atoms with Gasteiger partial charge < -0.3 is 0 Å². The van der Waals surface area contributed by atoms with Gasteiger partial charge in [0.05, 0.1) is 6.54 Å². The van der Waals surface area contributed by atoms with Crippen molar-refractivity contribution in [1.82, 2.24) is 20.2 Å². The summed E-state index contributed by atoms with van der Waals surface area (Å²) in [6, 6.07) is 1.78. The summed E-state index contributed by atoms with van der Waals surface area (Å²) >= 11 is 0. The Kier molecular flexibility index (Phi) is 2.94. The Morgan fingerprint density at radius 2 is 2.62 bits per heavy atom. The van der Waals surface area contributed by atoms with Gasteiger partial charge in [-0.05, 0) is 0 Å². The van der Waals surface area contributed by atoms with Crippen LogP contribution in [0.25, 0.3) is 0 Å². The van der Waals surface area contributed by atoms with E-state index < -0.39 is 0 Å². The molecule has 1 amide bonds. The average molecular weight is 180 g/mol. The molecule has 0 aliphatic heterocycles. The van der Waals surface area contributed by atoms with E-state index in [4.69, 9.17) is 11.1 Å². The van der Waals surface area contributed by atoms with E-state index in [1.54, 1.807) is 6.07 Å². The third-order valence-electron chi connectivity index (χ3n) is 1.37. The van der Waals surface area contributed by atoms with Crippen LogP contribution in [0.5, 0.6) is 0 Å². The van der Waals surface area contributed by atoms with Crippen molar-refractivity contribution in [2.24, 2.45) is 5.84 Å². The van der Waals surface area contributed by atoms with Crippen LogP contribution in [0.4, 0.5) is 0 Å². The van der Waals surface area contributed by atoms with Crippen LogP contribution in [0.15, 0.2) is 6.33 Å². The molecule has 0 aliphatic carbocycles. The van der Waals surface area contributed by atoms with Crippen molar-refractivity contribution in [2.45, 2.75) is 13.0 Å². The molecule has 13 heavy (non-hydrogen) atoms. The number of nitrogens with one attached hydrogen (secondary N) is 1. The van der Waals surface area contributed by atoms with E-state index in [9.17, 15) is 4.79 Å². The first-order chi connectivity index (χ1) is 6.26. The van der Waals surface area contributed by atoms with Gasteiger partial charge in [-0.25, -0.2) is 10.8 Å². The van der Waals surface area contributed by atoms with Gasteiger partial charge in [0.15, 0.2) is 0 Å². The number of nitriles is 1. The Labute approximate surface area is 74.1 Å². The highest BCUT2D eigenvalue weighted by Gasteiger charge is 2.01. The molecule has 0 unspecified atom stereocenters. The summed E-state index contributed by atoms with van der Waals surface area (Å²) in [6.07, 6.45) is 1.60. The molecule has 7 heteroatoms. The summed E-state index contributed by atoms with van der Waals surface area (Å²) in [4.78, 5) is 14.4. The number of nitrogens with zero attached hydrogens (tertiary/aromatic N) is 4. The lowest BCUT2D eigenvalue weighted by atomic mass is 10.4. The number of carbonyl (C=O) groups is 1. The van der Waals surface area contributed by atoms with Crippen molar-refractivity contribution >= 4 is 5.91 Å². The van der Waals surface area contributed by atoms with Crippen molar-refractivity contribution in [3.63, 3.8) is 0 Å². The summed E-state index contributed by atoms with van der Waals surface area (Å²) in [5.41, 5.74) is 1.99. The normalized spacial score (nSPS) is 9.23. The van der Waals surface area contributed by atoms with Crippen LogP contribution in [0.3, 0.4) is 0 Å². The maximum atomic E-state index is 10.7. The fraction of sp³-hybridized carbons (Fsp3) is 0.333. The Hall–Kier alpha value is -1.94. The number of rotatable bonds is 3. The number of carbonyl (C=O) groups excluding carboxylic acids is 1. The zero-order valence-corrected chi connectivity index (χ0v) is 6.77. The Morgan fingerprint density at radius 1 is 1.85 bits per heavy atom. The quantitative estimate of drug-likeness (QED) is 0.335. The van der Waals surface area contributed by atoms with Gasteiger partial charge in [-0.3, -0.25) is 14.9 Å². The second-order valence-corrected chi connectivity index (χ2v) is 2.26. The van der Waals surface area contributed by atoms with Crippen molar-refractivity contribution in [1.29, 1.82) is 5.26 Å². The number of hydrogen-bond acceptors (Lipinski definition) is 5. The number of nitrogens with two attached hydrogens (primary N) is 1. The molecule has 1 heterocycles. The van der Waals surface area contributed by atoms with Crippen molar-refractivity contribution < 1.29 is 4.79 Å². The van der Waals surface area contributed by atoms with Gasteiger partial charge in [0.2, 0.25) is 5.91 Å². The van der Waals surface area contributed by atoms with Gasteiger partial charge >= 0.3 is 0 Å². The highest BCUT2D eigenvalue weighted by molar-refractivity contribution is 5.74. The minimum Gasteiger partial charge on any atom is -0.294 e. The van der Waals surface area contributed by atoms with Crippen molar-refractivity contribution in [2.75, 3.05) is 0 Å². The molecule has 1 aromatic rings. The summed E-state index contributed by atoms with van der Waals surface area (Å²) in [6.45, 7) is 0.359. The summed E-state index contributed by atoms with van der Waals surface area (Å²) < 4.78 is 1.41. The number of hydrogen-bond donors (Lipinski definition) is 2. The SMILES string of the molecule is N#Cc1ncn(CCC(=O)NN)n1. The smallest absolute Gasteiger partial charge is 0.252 e. The number of hydrazine groups is 1. The third-order valence-corrected chi connectivity index (χ3v) is 1.37. The van der Waals surface area contributed by atoms with Gasteiger partial charge in [0.1, 0.15) is 12.4 Å². The molecule has 0 aromatic carbocycles. The Balaban J connectivity index is 2.46. The summed E-state index contributed by atoms with van der Waals surface area (Å²) in [7, 11) is 0. The van der Waals surface area contributed by atoms with Crippen LogP contribution in [0.2, 0.25) is 0 Å². The lowest BCUT2D eigenvalue weighted by Gasteiger charge is -1.98. The van der Waals surface area contributed by atoms with Crippen molar-refractivity contribution in [3.05, 3.63) is 12.2 Å². The third kappa shape index (κ3) is 2.53. The van der Waals surface area contributed by atoms with E-state index in [0.29, 0.717) is 6.54 Å². The van der Waals surface area contributed by atoms with Crippen LogP contribution in [-0.4, -0.2) is 20.7 Å². The van der Waals surface area contributed by atoms with Crippen LogP contribution < -0.4 is 11.3 Å². The molecule has 0 fully saturated rings. The van der Waals surface area contributed by atoms with Crippen LogP contribution in [0, 0.1) is 11.3 Å². The highest BCUT2D eigenvalue weighted by Crippen LogP contribution is 1.90. The van der Waals surface area contributed by atoms with Crippen LogP contribution in [0.1, 0.15) is 12.2 Å². The minimum absolute atomic E-state index is 0.0909. The van der Waals surface area contributed by atoms with Crippen LogP contribution >= 0.6 is 0 Å². The van der Waals surface area contributed by atoms with Gasteiger partial charge in [-0.1, -0.05) is 0 Å². The monoisotopic (exact) mass is 180 g/mol. The zero-order valence-electron chi connectivity index (χ0n) is 6.77. The predicted octanol–water partition coefficient (Wildman–Crippen LogP) is -1.47. The second-order valence-electron chi connectivity index (χ2n) is 2.26. The molecule has 3 N–H and O–H groups in total. The molecular weight excluding hydrogens is 172 g/mol. The molecule has 0 bridgehead atoms. The molecule has 0 aliphatic rings. The van der Waals surface area contributed by atoms with E-state index in [2.05, 4.69) is 10.1 Å². The molecule has 7 nitrogen and oxygen atoms in total. The van der Waals surface area contributed by atoms with Crippen LogP contribution in [-0.2, 0) is 11.3 Å². The average Bonchev–Trinajstić information content (AvgIpc) is 2.61. The molecule has 1 rings (SSSR count). The van der Waals surface area contributed by atoms with E-state index in [1.165, 1.54) is 11.0 Å².